The molecule has 2 aliphatic rings. The molecule has 1 aromatic heterocycles. The van der Waals surface area contributed by atoms with Gasteiger partial charge in [-0.25, -0.2) is 9.97 Å². The van der Waals surface area contributed by atoms with Crippen LogP contribution < -0.4 is 10.6 Å². The van der Waals surface area contributed by atoms with E-state index in [2.05, 4.69) is 20.6 Å². The maximum Gasteiger partial charge on any atom is 0.158 e. The van der Waals surface area contributed by atoms with Crippen LogP contribution in [-0.4, -0.2) is 30.2 Å². The maximum absolute atomic E-state index is 5.12. The average molecular weight is 262 g/mol. The summed E-state index contributed by atoms with van der Waals surface area (Å²) in [6, 6.07) is 2.57. The van der Waals surface area contributed by atoms with Crippen LogP contribution in [0.15, 0.2) is 6.07 Å². The fraction of sp³-hybridized carbons (Fsp3) is 0.714. The first-order valence-corrected chi connectivity index (χ1v) is 7.09. The van der Waals surface area contributed by atoms with Crippen molar-refractivity contribution in [3.05, 3.63) is 11.9 Å². The van der Waals surface area contributed by atoms with E-state index in [9.17, 15) is 0 Å². The Hall–Kier alpha value is -1.36. The molecule has 3 unspecified atom stereocenters. The van der Waals surface area contributed by atoms with E-state index in [0.717, 1.165) is 29.3 Å². The highest BCUT2D eigenvalue weighted by molar-refractivity contribution is 5.48. The smallest absolute Gasteiger partial charge is 0.158 e. The van der Waals surface area contributed by atoms with Crippen molar-refractivity contribution in [1.82, 2.24) is 9.97 Å². The molecule has 0 saturated heterocycles. The third kappa shape index (κ3) is 2.66. The third-order valence-corrected chi connectivity index (χ3v) is 4.37. The topological polar surface area (TPSA) is 59.1 Å². The first-order valence-electron chi connectivity index (χ1n) is 7.09. The maximum atomic E-state index is 5.12. The predicted molar refractivity (Wildman–Crippen MR) is 75.2 cm³/mol. The van der Waals surface area contributed by atoms with Crippen LogP contribution in [0.25, 0.3) is 0 Å². The number of anilines is 2. The molecular formula is C14H22N4O. The van der Waals surface area contributed by atoms with Gasteiger partial charge in [0, 0.05) is 26.3 Å². The molecule has 19 heavy (non-hydrogen) atoms. The predicted octanol–water partition coefficient (Wildman–Crippen LogP) is 2.27. The number of aromatic nitrogens is 2. The molecule has 2 bridgehead atoms. The quantitative estimate of drug-likeness (QED) is 0.852. The van der Waals surface area contributed by atoms with Crippen LogP contribution in [0.3, 0.4) is 0 Å². The normalized spacial score (nSPS) is 28.6. The number of hydrogen-bond acceptors (Lipinski definition) is 5. The summed E-state index contributed by atoms with van der Waals surface area (Å²) in [5.74, 6) is 4.26. The molecule has 2 fully saturated rings. The molecule has 0 spiro atoms. The minimum absolute atomic E-state index is 0.445. The first kappa shape index (κ1) is 12.7. The molecule has 0 radical (unpaired) electrons. The highest BCUT2D eigenvalue weighted by Crippen LogP contribution is 2.45. The Balaban J connectivity index is 1.74. The lowest BCUT2D eigenvalue weighted by Gasteiger charge is -2.23. The second-order valence-electron chi connectivity index (χ2n) is 5.66. The van der Waals surface area contributed by atoms with E-state index in [1.807, 2.05) is 13.1 Å². The van der Waals surface area contributed by atoms with E-state index in [1.165, 1.54) is 25.7 Å². The Kier molecular flexibility index (Phi) is 3.55. The van der Waals surface area contributed by atoms with Gasteiger partial charge in [-0.3, -0.25) is 0 Å². The van der Waals surface area contributed by atoms with Crippen LogP contribution in [0, 0.1) is 11.8 Å². The van der Waals surface area contributed by atoms with Gasteiger partial charge in [0.2, 0.25) is 0 Å². The fourth-order valence-electron chi connectivity index (χ4n) is 3.50. The zero-order valence-electron chi connectivity index (χ0n) is 11.6. The summed E-state index contributed by atoms with van der Waals surface area (Å²) in [4.78, 5) is 8.91. The van der Waals surface area contributed by atoms with Crippen molar-refractivity contribution in [3.8, 4) is 0 Å². The second kappa shape index (κ2) is 5.33. The van der Waals surface area contributed by atoms with E-state index in [-0.39, 0.29) is 0 Å². The number of methoxy groups -OCH3 is 1. The summed E-state index contributed by atoms with van der Waals surface area (Å²) in [7, 11) is 3.54. The Bertz CT molecular complexity index is 451. The third-order valence-electron chi connectivity index (χ3n) is 4.37. The van der Waals surface area contributed by atoms with Gasteiger partial charge in [0.15, 0.2) is 5.82 Å². The van der Waals surface area contributed by atoms with Crippen LogP contribution in [0.4, 0.5) is 11.6 Å². The van der Waals surface area contributed by atoms with Crippen molar-refractivity contribution in [1.29, 1.82) is 0 Å². The number of nitrogens with zero attached hydrogens (tertiary/aromatic N) is 2. The van der Waals surface area contributed by atoms with Gasteiger partial charge in [-0.2, -0.15) is 0 Å². The van der Waals surface area contributed by atoms with E-state index in [0.29, 0.717) is 12.6 Å². The van der Waals surface area contributed by atoms with Gasteiger partial charge in [-0.1, -0.05) is 6.42 Å². The van der Waals surface area contributed by atoms with Gasteiger partial charge in [-0.15, -0.1) is 0 Å². The molecule has 2 aliphatic carbocycles. The van der Waals surface area contributed by atoms with Crippen molar-refractivity contribution in [3.63, 3.8) is 0 Å². The fourth-order valence-corrected chi connectivity index (χ4v) is 3.50. The van der Waals surface area contributed by atoms with E-state index < -0.39 is 0 Å². The Morgan fingerprint density at radius 1 is 1.26 bits per heavy atom. The van der Waals surface area contributed by atoms with E-state index >= 15 is 0 Å². The lowest BCUT2D eigenvalue weighted by molar-refractivity contribution is 0.178. The van der Waals surface area contributed by atoms with Gasteiger partial charge in [0.05, 0.1) is 0 Å². The minimum Gasteiger partial charge on any atom is -0.377 e. The molecule has 104 valence electrons. The summed E-state index contributed by atoms with van der Waals surface area (Å²) >= 11 is 0. The van der Waals surface area contributed by atoms with Crippen molar-refractivity contribution in [2.45, 2.75) is 38.3 Å². The van der Waals surface area contributed by atoms with Crippen molar-refractivity contribution < 1.29 is 4.74 Å². The van der Waals surface area contributed by atoms with Gasteiger partial charge in [0.25, 0.3) is 0 Å². The Morgan fingerprint density at radius 2 is 2.11 bits per heavy atom. The van der Waals surface area contributed by atoms with Crippen molar-refractivity contribution >= 4 is 11.6 Å². The molecule has 1 heterocycles. The monoisotopic (exact) mass is 262 g/mol. The minimum atomic E-state index is 0.445. The number of hydrogen-bond donors (Lipinski definition) is 2. The number of fused-ring (bicyclic) bond motifs is 2. The first-order chi connectivity index (χ1) is 9.28. The summed E-state index contributed by atoms with van der Waals surface area (Å²) in [6.07, 6.45) is 5.48. The van der Waals surface area contributed by atoms with Gasteiger partial charge < -0.3 is 15.4 Å². The van der Waals surface area contributed by atoms with E-state index in [1.54, 1.807) is 7.11 Å². The summed E-state index contributed by atoms with van der Waals surface area (Å²) in [5.41, 5.74) is 0. The second-order valence-corrected chi connectivity index (χ2v) is 5.66. The van der Waals surface area contributed by atoms with Crippen LogP contribution in [0.2, 0.25) is 0 Å². The highest BCUT2D eigenvalue weighted by atomic mass is 16.5. The Labute approximate surface area is 114 Å². The summed E-state index contributed by atoms with van der Waals surface area (Å²) in [5, 5.41) is 6.68. The van der Waals surface area contributed by atoms with Crippen LogP contribution in [-0.2, 0) is 11.3 Å². The molecule has 3 atom stereocenters. The number of nitrogens with one attached hydrogen (secondary N) is 2. The standard InChI is InChI=1S/C14H22N4O/c1-15-12-7-13(18-14(17-12)8-19-2)16-11-6-9-3-4-10(11)5-9/h7,9-11H,3-6,8H2,1-2H3,(H2,15,16,17,18). The van der Waals surface area contributed by atoms with Crippen LogP contribution >= 0.6 is 0 Å². The summed E-state index contributed by atoms with van der Waals surface area (Å²) < 4.78 is 5.12. The van der Waals surface area contributed by atoms with Gasteiger partial charge >= 0.3 is 0 Å². The molecule has 0 amide bonds. The summed E-state index contributed by atoms with van der Waals surface area (Å²) in [6.45, 7) is 0.445. The van der Waals surface area contributed by atoms with Crippen molar-refractivity contribution in [2.24, 2.45) is 11.8 Å². The number of rotatable bonds is 5. The van der Waals surface area contributed by atoms with Crippen molar-refractivity contribution in [2.75, 3.05) is 24.8 Å². The molecule has 3 rings (SSSR count). The largest absolute Gasteiger partial charge is 0.377 e. The van der Waals surface area contributed by atoms with Crippen LogP contribution in [0.5, 0.6) is 0 Å². The van der Waals surface area contributed by atoms with Crippen LogP contribution in [0.1, 0.15) is 31.5 Å². The molecular weight excluding hydrogens is 240 g/mol. The van der Waals surface area contributed by atoms with E-state index in [4.69, 9.17) is 4.74 Å². The lowest BCUT2D eigenvalue weighted by Crippen LogP contribution is -2.26. The van der Waals surface area contributed by atoms with Gasteiger partial charge in [-0.05, 0) is 31.1 Å². The molecule has 0 aromatic carbocycles. The highest BCUT2D eigenvalue weighted by Gasteiger charge is 2.39. The molecule has 5 nitrogen and oxygen atoms in total. The Morgan fingerprint density at radius 3 is 2.74 bits per heavy atom. The lowest BCUT2D eigenvalue weighted by atomic mass is 9.95. The number of ether oxygens (including phenoxy) is 1. The molecule has 5 heteroatoms. The SMILES string of the molecule is CNc1cc(NC2CC3CCC2C3)nc(COC)n1. The van der Waals surface area contributed by atoms with Gasteiger partial charge in [0.1, 0.15) is 18.2 Å². The molecule has 0 aliphatic heterocycles. The average Bonchev–Trinajstić information content (AvgIpc) is 3.01. The zero-order chi connectivity index (χ0) is 13.2. The molecule has 2 N–H and O–H groups in total. The molecule has 1 aromatic rings. The molecule has 2 saturated carbocycles. The zero-order valence-corrected chi connectivity index (χ0v) is 11.6.